The Morgan fingerprint density at radius 1 is 1.15 bits per heavy atom. The van der Waals surface area contributed by atoms with Crippen LogP contribution in [-0.2, 0) is 23.0 Å². The van der Waals surface area contributed by atoms with Crippen molar-refractivity contribution in [3.8, 4) is 5.75 Å². The van der Waals surface area contributed by atoms with Gasteiger partial charge in [-0.1, -0.05) is 18.2 Å². The molecule has 0 spiro atoms. The molecule has 7 nitrogen and oxygen atoms in total. The van der Waals surface area contributed by atoms with Gasteiger partial charge in [-0.05, 0) is 55.9 Å². The van der Waals surface area contributed by atoms with Gasteiger partial charge in [0.25, 0.3) is 5.91 Å². The molecule has 0 fully saturated rings. The van der Waals surface area contributed by atoms with E-state index >= 15 is 0 Å². The minimum Gasteiger partial charge on any atom is -0.495 e. The normalized spacial score (nSPS) is 11.4. The van der Waals surface area contributed by atoms with Gasteiger partial charge in [0.1, 0.15) is 10.6 Å². The average molecular weight is 391 g/mol. The fourth-order valence-corrected chi connectivity index (χ4v) is 3.44. The molecule has 0 saturated heterocycles. The second kappa shape index (κ2) is 8.98. The van der Waals surface area contributed by atoms with E-state index in [0.717, 1.165) is 17.7 Å². The molecule has 0 aliphatic rings. The van der Waals surface area contributed by atoms with Crippen LogP contribution in [0.3, 0.4) is 0 Å². The smallest absolute Gasteiger partial charge is 0.251 e. The first-order valence-corrected chi connectivity index (χ1v) is 9.97. The highest BCUT2D eigenvalue weighted by atomic mass is 32.2. The number of nitrogens with one attached hydrogen (secondary N) is 1. The number of primary sulfonamides is 1. The molecule has 146 valence electrons. The van der Waals surface area contributed by atoms with E-state index in [-0.39, 0.29) is 16.6 Å². The second-order valence-corrected chi connectivity index (χ2v) is 8.00. The van der Waals surface area contributed by atoms with Crippen LogP contribution in [0.1, 0.15) is 21.5 Å². The van der Waals surface area contributed by atoms with Gasteiger partial charge >= 0.3 is 0 Å². The van der Waals surface area contributed by atoms with Gasteiger partial charge in [-0.3, -0.25) is 4.79 Å². The van der Waals surface area contributed by atoms with Crippen LogP contribution in [0.2, 0.25) is 0 Å². The highest BCUT2D eigenvalue weighted by molar-refractivity contribution is 7.89. The van der Waals surface area contributed by atoms with E-state index in [9.17, 15) is 13.2 Å². The highest BCUT2D eigenvalue weighted by Gasteiger charge is 2.15. The molecule has 2 rings (SSSR count). The number of benzene rings is 2. The van der Waals surface area contributed by atoms with Crippen molar-refractivity contribution in [2.45, 2.75) is 17.9 Å². The topological polar surface area (TPSA) is 102 Å². The number of rotatable bonds is 8. The van der Waals surface area contributed by atoms with Crippen LogP contribution in [0.25, 0.3) is 0 Å². The number of nitrogens with two attached hydrogens (primary N) is 1. The van der Waals surface area contributed by atoms with E-state index < -0.39 is 10.0 Å². The Bertz CT molecular complexity index is 911. The Kier molecular flexibility index (Phi) is 6.95. The molecule has 0 heterocycles. The zero-order valence-corrected chi connectivity index (χ0v) is 16.5. The number of sulfonamides is 1. The molecule has 2 aromatic carbocycles. The fourth-order valence-electron chi connectivity index (χ4n) is 2.70. The Labute approximate surface area is 160 Å². The molecule has 8 heteroatoms. The molecule has 3 N–H and O–H groups in total. The van der Waals surface area contributed by atoms with E-state index in [0.29, 0.717) is 18.5 Å². The molecule has 0 unspecified atom stereocenters. The molecule has 2 aromatic rings. The summed E-state index contributed by atoms with van der Waals surface area (Å²) >= 11 is 0. The van der Waals surface area contributed by atoms with Crippen molar-refractivity contribution in [3.05, 3.63) is 59.2 Å². The first kappa shape index (κ1) is 20.9. The zero-order valence-electron chi connectivity index (χ0n) is 15.7. The fraction of sp³-hybridized carbons (Fsp3) is 0.316. The van der Waals surface area contributed by atoms with E-state index in [4.69, 9.17) is 9.88 Å². The molecular weight excluding hydrogens is 366 g/mol. The summed E-state index contributed by atoms with van der Waals surface area (Å²) in [4.78, 5) is 14.3. The molecule has 0 aliphatic heterocycles. The third-order valence-corrected chi connectivity index (χ3v) is 4.85. The lowest BCUT2D eigenvalue weighted by molar-refractivity contribution is 0.0954. The maximum absolute atomic E-state index is 12.3. The van der Waals surface area contributed by atoms with Crippen molar-refractivity contribution in [3.63, 3.8) is 0 Å². The summed E-state index contributed by atoms with van der Waals surface area (Å²) in [5.41, 5.74) is 2.39. The van der Waals surface area contributed by atoms with Gasteiger partial charge in [0.2, 0.25) is 10.0 Å². The standard InChI is InChI=1S/C19H25N3O4S/c1-22(2)13-15-5-4-6-16(11-15)19(23)21-10-9-14-7-8-17(26-3)18(12-14)27(20,24)25/h4-8,11-12H,9-10,13H2,1-3H3,(H,21,23)(H2,20,24,25). The Morgan fingerprint density at radius 3 is 2.52 bits per heavy atom. The summed E-state index contributed by atoms with van der Waals surface area (Å²) in [5, 5.41) is 8.07. The number of methoxy groups -OCH3 is 1. The van der Waals surface area contributed by atoms with Gasteiger partial charge in [0.05, 0.1) is 7.11 Å². The van der Waals surface area contributed by atoms with Crippen LogP contribution < -0.4 is 15.2 Å². The van der Waals surface area contributed by atoms with Crippen molar-refractivity contribution in [1.82, 2.24) is 10.2 Å². The SMILES string of the molecule is COc1ccc(CCNC(=O)c2cccc(CN(C)C)c2)cc1S(N)(=O)=O. The van der Waals surface area contributed by atoms with Crippen molar-refractivity contribution < 1.29 is 17.9 Å². The molecule has 0 radical (unpaired) electrons. The molecule has 27 heavy (non-hydrogen) atoms. The Morgan fingerprint density at radius 2 is 1.89 bits per heavy atom. The Balaban J connectivity index is 2.01. The highest BCUT2D eigenvalue weighted by Crippen LogP contribution is 2.23. The Hall–Kier alpha value is -2.42. The molecular formula is C19H25N3O4S. The number of hydrogen-bond donors (Lipinski definition) is 2. The predicted molar refractivity (Wildman–Crippen MR) is 104 cm³/mol. The van der Waals surface area contributed by atoms with Crippen LogP contribution in [0.5, 0.6) is 5.75 Å². The van der Waals surface area contributed by atoms with E-state index in [2.05, 4.69) is 5.32 Å². The molecule has 0 saturated carbocycles. The monoisotopic (exact) mass is 391 g/mol. The number of ether oxygens (including phenoxy) is 1. The zero-order chi connectivity index (χ0) is 20.0. The minimum absolute atomic E-state index is 0.0646. The second-order valence-electron chi connectivity index (χ2n) is 6.47. The van der Waals surface area contributed by atoms with Crippen LogP contribution >= 0.6 is 0 Å². The maximum atomic E-state index is 12.3. The summed E-state index contributed by atoms with van der Waals surface area (Å²) < 4.78 is 28.4. The summed E-state index contributed by atoms with van der Waals surface area (Å²) in [7, 11) is 1.44. The number of carbonyl (C=O) groups excluding carboxylic acids is 1. The number of carbonyl (C=O) groups is 1. The van der Waals surface area contributed by atoms with Crippen LogP contribution in [0, 0.1) is 0 Å². The quantitative estimate of drug-likeness (QED) is 0.708. The minimum atomic E-state index is -3.88. The molecule has 0 bridgehead atoms. The van der Waals surface area contributed by atoms with Crippen molar-refractivity contribution in [2.75, 3.05) is 27.7 Å². The molecule has 0 aliphatic carbocycles. The number of amides is 1. The lowest BCUT2D eigenvalue weighted by Crippen LogP contribution is -2.26. The van der Waals surface area contributed by atoms with E-state index in [1.165, 1.54) is 13.2 Å². The summed E-state index contributed by atoms with van der Waals surface area (Å²) in [6, 6.07) is 12.2. The van der Waals surface area contributed by atoms with E-state index in [1.807, 2.05) is 37.2 Å². The van der Waals surface area contributed by atoms with Gasteiger partial charge in [-0.25, -0.2) is 13.6 Å². The van der Waals surface area contributed by atoms with Crippen LogP contribution in [0.15, 0.2) is 47.4 Å². The van der Waals surface area contributed by atoms with Crippen molar-refractivity contribution in [2.24, 2.45) is 5.14 Å². The van der Waals surface area contributed by atoms with E-state index in [1.54, 1.807) is 18.2 Å². The van der Waals surface area contributed by atoms with Crippen molar-refractivity contribution >= 4 is 15.9 Å². The molecule has 1 amide bonds. The first-order chi connectivity index (χ1) is 12.7. The molecule has 0 aromatic heterocycles. The summed E-state index contributed by atoms with van der Waals surface area (Å²) in [5.74, 6) is 0.0266. The van der Waals surface area contributed by atoms with Crippen LogP contribution in [0.4, 0.5) is 0 Å². The van der Waals surface area contributed by atoms with Gasteiger partial charge in [-0.2, -0.15) is 0 Å². The first-order valence-electron chi connectivity index (χ1n) is 8.42. The van der Waals surface area contributed by atoms with Crippen LogP contribution in [-0.4, -0.2) is 47.0 Å². The maximum Gasteiger partial charge on any atom is 0.251 e. The van der Waals surface area contributed by atoms with Crippen molar-refractivity contribution in [1.29, 1.82) is 0 Å². The number of hydrogen-bond acceptors (Lipinski definition) is 5. The number of nitrogens with zero attached hydrogens (tertiary/aromatic N) is 1. The average Bonchev–Trinajstić information content (AvgIpc) is 2.60. The third kappa shape index (κ3) is 6.06. The molecule has 0 atom stereocenters. The van der Waals surface area contributed by atoms with Gasteiger partial charge in [0, 0.05) is 18.7 Å². The lowest BCUT2D eigenvalue weighted by atomic mass is 10.1. The van der Waals surface area contributed by atoms with Gasteiger partial charge in [0.15, 0.2) is 0 Å². The summed E-state index contributed by atoms with van der Waals surface area (Å²) in [6.45, 7) is 1.12. The summed E-state index contributed by atoms with van der Waals surface area (Å²) in [6.07, 6.45) is 0.468. The largest absolute Gasteiger partial charge is 0.495 e. The lowest BCUT2D eigenvalue weighted by Gasteiger charge is -2.12. The predicted octanol–water partition coefficient (Wildman–Crippen LogP) is 1.38. The van der Waals surface area contributed by atoms with Gasteiger partial charge in [-0.15, -0.1) is 0 Å². The van der Waals surface area contributed by atoms with Gasteiger partial charge < -0.3 is 15.0 Å². The third-order valence-electron chi connectivity index (χ3n) is 3.92.